The maximum Gasteiger partial charge on any atom is 0.348 e. The standard InChI is InChI=1S/C18H15BrN4O2/c1-2-25-18(24)14(11-21)10-15-12-23(9-3-8-20)22-17(15)13-4-6-16(19)7-5-13/h4-7,10,12H,2-3,9H2,1H3/b14-10-. The number of rotatable bonds is 6. The molecule has 0 bridgehead atoms. The quantitative estimate of drug-likeness (QED) is 0.420. The fourth-order valence-corrected chi connectivity index (χ4v) is 2.42. The largest absolute Gasteiger partial charge is 0.462 e. The number of benzene rings is 1. The van der Waals surface area contributed by atoms with Crippen LogP contribution in [0.3, 0.4) is 0 Å². The first-order valence-electron chi connectivity index (χ1n) is 7.58. The minimum atomic E-state index is -0.670. The van der Waals surface area contributed by atoms with Crippen LogP contribution in [0.1, 0.15) is 18.9 Å². The molecule has 0 saturated carbocycles. The number of hydrogen-bond donors (Lipinski definition) is 0. The second-order valence-electron chi connectivity index (χ2n) is 5.00. The van der Waals surface area contributed by atoms with Gasteiger partial charge in [-0.3, -0.25) is 4.68 Å². The van der Waals surface area contributed by atoms with Gasteiger partial charge in [-0.2, -0.15) is 15.6 Å². The van der Waals surface area contributed by atoms with Gasteiger partial charge in [-0.1, -0.05) is 28.1 Å². The highest BCUT2D eigenvalue weighted by atomic mass is 79.9. The summed E-state index contributed by atoms with van der Waals surface area (Å²) in [4.78, 5) is 11.9. The minimum absolute atomic E-state index is 0.0972. The average Bonchev–Trinajstić information content (AvgIpc) is 3.01. The number of esters is 1. The van der Waals surface area contributed by atoms with E-state index in [9.17, 15) is 10.1 Å². The molecule has 0 aliphatic rings. The number of ether oxygens (including phenoxy) is 1. The zero-order chi connectivity index (χ0) is 18.2. The molecule has 0 fully saturated rings. The predicted molar refractivity (Wildman–Crippen MR) is 95.8 cm³/mol. The third-order valence-electron chi connectivity index (χ3n) is 3.28. The Bertz CT molecular complexity index is 870. The molecule has 0 radical (unpaired) electrons. The summed E-state index contributed by atoms with van der Waals surface area (Å²) < 4.78 is 7.46. The van der Waals surface area contributed by atoms with Gasteiger partial charge >= 0.3 is 5.97 Å². The second kappa shape index (κ2) is 8.81. The van der Waals surface area contributed by atoms with Gasteiger partial charge in [0.05, 0.1) is 31.3 Å². The van der Waals surface area contributed by atoms with Gasteiger partial charge in [0, 0.05) is 21.8 Å². The van der Waals surface area contributed by atoms with Gasteiger partial charge < -0.3 is 4.74 Å². The van der Waals surface area contributed by atoms with E-state index in [0.717, 1.165) is 10.0 Å². The lowest BCUT2D eigenvalue weighted by Crippen LogP contribution is -2.06. The van der Waals surface area contributed by atoms with Crippen LogP contribution in [-0.2, 0) is 16.1 Å². The maximum atomic E-state index is 11.9. The molecular weight excluding hydrogens is 384 g/mol. The summed E-state index contributed by atoms with van der Waals surface area (Å²) in [5, 5.41) is 22.5. The van der Waals surface area contributed by atoms with Crippen molar-refractivity contribution in [3.63, 3.8) is 0 Å². The zero-order valence-electron chi connectivity index (χ0n) is 13.6. The Kier molecular flexibility index (Phi) is 6.50. The van der Waals surface area contributed by atoms with Crippen LogP contribution in [0, 0.1) is 22.7 Å². The van der Waals surface area contributed by atoms with Crippen LogP contribution < -0.4 is 0 Å². The highest BCUT2D eigenvalue weighted by molar-refractivity contribution is 9.10. The summed E-state index contributed by atoms with van der Waals surface area (Å²) in [6.45, 7) is 2.30. The zero-order valence-corrected chi connectivity index (χ0v) is 15.2. The number of nitrogens with zero attached hydrogens (tertiary/aromatic N) is 4. The number of carbonyl (C=O) groups excluding carboxylic acids is 1. The van der Waals surface area contributed by atoms with Crippen molar-refractivity contribution in [2.24, 2.45) is 0 Å². The first-order chi connectivity index (χ1) is 12.1. The van der Waals surface area contributed by atoms with Crippen molar-refractivity contribution in [3.8, 4) is 23.4 Å². The number of halogens is 1. The first kappa shape index (κ1) is 18.4. The first-order valence-corrected chi connectivity index (χ1v) is 8.37. The van der Waals surface area contributed by atoms with Crippen molar-refractivity contribution in [3.05, 3.63) is 46.1 Å². The second-order valence-corrected chi connectivity index (χ2v) is 5.92. The number of aryl methyl sites for hydroxylation is 1. The molecule has 0 atom stereocenters. The van der Waals surface area contributed by atoms with Crippen molar-refractivity contribution >= 4 is 28.0 Å². The highest BCUT2D eigenvalue weighted by Gasteiger charge is 2.15. The van der Waals surface area contributed by atoms with Crippen LogP contribution in [0.25, 0.3) is 17.3 Å². The van der Waals surface area contributed by atoms with Gasteiger partial charge in [-0.15, -0.1) is 0 Å². The third kappa shape index (κ3) is 4.79. The van der Waals surface area contributed by atoms with E-state index in [1.165, 1.54) is 6.08 Å². The van der Waals surface area contributed by atoms with Gasteiger partial charge in [0.25, 0.3) is 0 Å². The SMILES string of the molecule is CCOC(=O)/C(C#N)=C\c1cn(CCC#N)nc1-c1ccc(Br)cc1. The number of aromatic nitrogens is 2. The smallest absolute Gasteiger partial charge is 0.348 e. The maximum absolute atomic E-state index is 11.9. The minimum Gasteiger partial charge on any atom is -0.462 e. The van der Waals surface area contributed by atoms with E-state index >= 15 is 0 Å². The summed E-state index contributed by atoms with van der Waals surface area (Å²) in [7, 11) is 0. The number of carbonyl (C=O) groups is 1. The van der Waals surface area contributed by atoms with Crippen LogP contribution >= 0.6 is 15.9 Å². The summed E-state index contributed by atoms with van der Waals surface area (Å²) in [6.07, 6.45) is 3.49. The molecule has 2 rings (SSSR count). The van der Waals surface area contributed by atoms with Crippen LogP contribution in [0.5, 0.6) is 0 Å². The van der Waals surface area contributed by atoms with E-state index in [1.807, 2.05) is 30.3 Å². The Balaban J connectivity index is 2.49. The molecule has 0 aliphatic carbocycles. The molecule has 0 aliphatic heterocycles. The van der Waals surface area contributed by atoms with Crippen LogP contribution in [-0.4, -0.2) is 22.4 Å². The average molecular weight is 399 g/mol. The molecule has 0 N–H and O–H groups in total. The van der Waals surface area contributed by atoms with Crippen LogP contribution in [0.2, 0.25) is 0 Å². The van der Waals surface area contributed by atoms with Gasteiger partial charge in [-0.05, 0) is 25.1 Å². The van der Waals surface area contributed by atoms with Crippen molar-refractivity contribution < 1.29 is 9.53 Å². The van der Waals surface area contributed by atoms with Gasteiger partial charge in [0.2, 0.25) is 0 Å². The van der Waals surface area contributed by atoms with E-state index in [-0.39, 0.29) is 12.2 Å². The lowest BCUT2D eigenvalue weighted by molar-refractivity contribution is -0.137. The van der Waals surface area contributed by atoms with E-state index in [0.29, 0.717) is 24.2 Å². The lowest BCUT2D eigenvalue weighted by atomic mass is 10.1. The molecule has 0 unspecified atom stereocenters. The molecule has 0 spiro atoms. The summed E-state index contributed by atoms with van der Waals surface area (Å²) in [6, 6.07) is 11.5. The third-order valence-corrected chi connectivity index (χ3v) is 3.80. The molecule has 25 heavy (non-hydrogen) atoms. The topological polar surface area (TPSA) is 91.7 Å². The van der Waals surface area contributed by atoms with Gasteiger partial charge in [0.15, 0.2) is 0 Å². The van der Waals surface area contributed by atoms with E-state index in [4.69, 9.17) is 10.00 Å². The lowest BCUT2D eigenvalue weighted by Gasteiger charge is -2.01. The van der Waals surface area contributed by atoms with Crippen LogP contribution in [0.15, 0.2) is 40.5 Å². The molecule has 7 heteroatoms. The van der Waals surface area contributed by atoms with E-state index in [1.54, 1.807) is 17.8 Å². The molecule has 1 heterocycles. The van der Waals surface area contributed by atoms with Crippen LogP contribution in [0.4, 0.5) is 0 Å². The predicted octanol–water partition coefficient (Wildman–Crippen LogP) is 3.70. The molecule has 126 valence electrons. The van der Waals surface area contributed by atoms with Crippen molar-refractivity contribution in [1.29, 1.82) is 10.5 Å². The molecule has 6 nitrogen and oxygen atoms in total. The fraction of sp³-hybridized carbons (Fsp3) is 0.222. The monoisotopic (exact) mass is 398 g/mol. The van der Waals surface area contributed by atoms with E-state index in [2.05, 4.69) is 27.1 Å². The normalized spacial score (nSPS) is 10.8. The molecule has 1 aromatic carbocycles. The Morgan fingerprint density at radius 2 is 2.08 bits per heavy atom. The molecule has 0 saturated heterocycles. The van der Waals surface area contributed by atoms with Crippen molar-refractivity contribution in [2.45, 2.75) is 19.9 Å². The molecule has 2 aromatic rings. The Morgan fingerprint density at radius 1 is 1.36 bits per heavy atom. The Hall–Kier alpha value is -2.90. The Labute approximate surface area is 154 Å². The summed E-state index contributed by atoms with van der Waals surface area (Å²) in [5.41, 5.74) is 1.98. The molecule has 1 aromatic heterocycles. The summed E-state index contributed by atoms with van der Waals surface area (Å²) in [5.74, 6) is -0.670. The van der Waals surface area contributed by atoms with Gasteiger partial charge in [0.1, 0.15) is 11.6 Å². The molecular formula is C18H15BrN4O2. The fourth-order valence-electron chi connectivity index (χ4n) is 2.15. The number of hydrogen-bond acceptors (Lipinski definition) is 5. The van der Waals surface area contributed by atoms with Gasteiger partial charge in [-0.25, -0.2) is 4.79 Å². The van der Waals surface area contributed by atoms with Crippen molar-refractivity contribution in [2.75, 3.05) is 6.61 Å². The summed E-state index contributed by atoms with van der Waals surface area (Å²) >= 11 is 3.39. The van der Waals surface area contributed by atoms with Crippen molar-refractivity contribution in [1.82, 2.24) is 9.78 Å². The number of nitriles is 2. The highest BCUT2D eigenvalue weighted by Crippen LogP contribution is 2.26. The molecule has 0 amide bonds. The Morgan fingerprint density at radius 3 is 2.68 bits per heavy atom. The van der Waals surface area contributed by atoms with E-state index < -0.39 is 5.97 Å².